The molecule has 0 spiro atoms. The first kappa shape index (κ1) is 24.1. The van der Waals surface area contributed by atoms with Crippen molar-refractivity contribution in [3.05, 3.63) is 88.9 Å². The van der Waals surface area contributed by atoms with Gasteiger partial charge in [0, 0.05) is 36.9 Å². The smallest absolute Gasteiger partial charge is 0.167 e. The zero-order valence-electron chi connectivity index (χ0n) is 21.2. The largest absolute Gasteiger partial charge is 0.373 e. The summed E-state index contributed by atoms with van der Waals surface area (Å²) in [6.07, 6.45) is 1.86. The predicted octanol–water partition coefficient (Wildman–Crippen LogP) is 5.79. The molecule has 4 aromatic rings. The molecule has 7 heteroatoms. The number of rotatable bonds is 7. The maximum atomic E-state index is 13.2. The molecule has 2 aromatic carbocycles. The van der Waals surface area contributed by atoms with Crippen molar-refractivity contribution in [2.75, 3.05) is 17.7 Å². The molecule has 0 amide bonds. The van der Waals surface area contributed by atoms with E-state index in [1.165, 1.54) is 11.9 Å². The topological polar surface area (TPSA) is 84.7 Å². The van der Waals surface area contributed by atoms with Crippen molar-refractivity contribution in [1.82, 2.24) is 19.7 Å². The number of nitrogens with one attached hydrogen (secondary N) is 2. The minimum absolute atomic E-state index is 0.0404. The molecular formula is C28H32N6O. The first-order valence-corrected chi connectivity index (χ1v) is 11.7. The van der Waals surface area contributed by atoms with Crippen molar-refractivity contribution in [2.45, 2.75) is 46.5 Å². The Morgan fingerprint density at radius 1 is 1.00 bits per heavy atom. The number of anilines is 3. The summed E-state index contributed by atoms with van der Waals surface area (Å²) in [5.41, 5.74) is 5.68. The highest BCUT2D eigenvalue weighted by molar-refractivity contribution is 5.98. The minimum atomic E-state index is 0.0404. The molecule has 2 aromatic heterocycles. The minimum Gasteiger partial charge on any atom is -0.373 e. The Kier molecular flexibility index (Phi) is 6.69. The quantitative estimate of drug-likeness (QED) is 0.334. The van der Waals surface area contributed by atoms with E-state index in [9.17, 15) is 4.79 Å². The molecule has 0 saturated heterocycles. The van der Waals surface area contributed by atoms with Crippen LogP contribution in [-0.4, -0.2) is 32.6 Å². The zero-order chi connectivity index (χ0) is 25.2. The van der Waals surface area contributed by atoms with E-state index >= 15 is 0 Å². The van der Waals surface area contributed by atoms with Crippen LogP contribution in [0.1, 0.15) is 53.5 Å². The van der Waals surface area contributed by atoms with Crippen LogP contribution in [0.2, 0.25) is 0 Å². The van der Waals surface area contributed by atoms with Crippen molar-refractivity contribution in [1.29, 1.82) is 0 Å². The van der Waals surface area contributed by atoms with E-state index in [1.807, 2.05) is 63.4 Å². The third-order valence-electron chi connectivity index (χ3n) is 5.94. The number of hydrogen-bond donors (Lipinski definition) is 2. The van der Waals surface area contributed by atoms with E-state index in [2.05, 4.69) is 58.6 Å². The fraction of sp³-hybridized carbons (Fsp3) is 0.286. The molecule has 0 bridgehead atoms. The molecule has 35 heavy (non-hydrogen) atoms. The number of benzene rings is 2. The van der Waals surface area contributed by atoms with Crippen LogP contribution in [-0.2, 0) is 11.8 Å². The molecule has 180 valence electrons. The van der Waals surface area contributed by atoms with E-state index in [-0.39, 0.29) is 11.2 Å². The summed E-state index contributed by atoms with van der Waals surface area (Å²) in [7, 11) is 1.81. The lowest BCUT2D eigenvalue weighted by Crippen LogP contribution is -2.12. The average Bonchev–Trinajstić information content (AvgIpc) is 3.20. The molecule has 2 N–H and O–H groups in total. The van der Waals surface area contributed by atoms with Crippen molar-refractivity contribution >= 4 is 23.1 Å². The van der Waals surface area contributed by atoms with Gasteiger partial charge in [0.25, 0.3) is 0 Å². The fourth-order valence-corrected chi connectivity index (χ4v) is 3.87. The third-order valence-corrected chi connectivity index (χ3v) is 5.94. The number of aryl methyl sites for hydroxylation is 2. The molecule has 0 radical (unpaired) electrons. The number of hydrogen-bond acceptors (Lipinski definition) is 6. The molecule has 0 fully saturated rings. The maximum absolute atomic E-state index is 13.2. The van der Waals surface area contributed by atoms with Gasteiger partial charge in [-0.2, -0.15) is 9.78 Å². The normalized spacial score (nSPS) is 11.4. The summed E-state index contributed by atoms with van der Waals surface area (Å²) in [6.45, 7) is 10.5. The van der Waals surface area contributed by atoms with Crippen LogP contribution in [0.3, 0.4) is 0 Å². The molecule has 7 nitrogen and oxygen atoms in total. The van der Waals surface area contributed by atoms with E-state index < -0.39 is 0 Å². The highest BCUT2D eigenvalue weighted by atomic mass is 16.1. The summed E-state index contributed by atoms with van der Waals surface area (Å²) >= 11 is 0. The van der Waals surface area contributed by atoms with Gasteiger partial charge in [-0.05, 0) is 42.0 Å². The summed E-state index contributed by atoms with van der Waals surface area (Å²) in [4.78, 5) is 21.7. The maximum Gasteiger partial charge on any atom is 0.167 e. The fourth-order valence-electron chi connectivity index (χ4n) is 3.87. The Balaban J connectivity index is 1.60. The summed E-state index contributed by atoms with van der Waals surface area (Å²) in [5.74, 6) is 2.18. The monoisotopic (exact) mass is 468 g/mol. The van der Waals surface area contributed by atoms with Gasteiger partial charge in [-0.15, -0.1) is 0 Å². The van der Waals surface area contributed by atoms with Crippen molar-refractivity contribution in [3.63, 3.8) is 0 Å². The zero-order valence-corrected chi connectivity index (χ0v) is 21.2. The Morgan fingerprint density at radius 3 is 2.54 bits per heavy atom. The predicted molar refractivity (Wildman–Crippen MR) is 141 cm³/mol. The van der Waals surface area contributed by atoms with Gasteiger partial charge in [0.2, 0.25) is 0 Å². The van der Waals surface area contributed by atoms with Gasteiger partial charge in [0.05, 0.1) is 5.69 Å². The number of carbonyl (C=O) groups excluding carboxylic acids is 1. The van der Waals surface area contributed by atoms with Crippen LogP contribution in [0.25, 0.3) is 5.82 Å². The molecule has 0 saturated carbocycles. The van der Waals surface area contributed by atoms with Crippen LogP contribution in [0, 0.1) is 13.8 Å². The van der Waals surface area contributed by atoms with Gasteiger partial charge in [-0.25, -0.2) is 9.97 Å². The number of aromatic nitrogens is 4. The van der Waals surface area contributed by atoms with Crippen LogP contribution in [0.4, 0.5) is 17.3 Å². The number of Topliss-reactive ketones (excluding diaryl/α,β-unsaturated/α-hetero) is 1. The standard InChI is InChI=1S/C28H32N6O/c1-18-10-11-21(24(35)14-20-8-7-9-22(13-20)28(3,4)5)15-23(18)32-27-12-19(2)33-34(27)26-16-25(29-6)30-17-31-26/h7-13,15-17,32H,14H2,1-6H3,(H,29,30,31). The van der Waals surface area contributed by atoms with Crippen molar-refractivity contribution < 1.29 is 4.79 Å². The molecule has 2 heterocycles. The summed E-state index contributed by atoms with van der Waals surface area (Å²) in [5, 5.41) is 11.1. The van der Waals surface area contributed by atoms with E-state index in [0.717, 1.165) is 28.3 Å². The highest BCUT2D eigenvalue weighted by Crippen LogP contribution is 2.26. The Hall–Kier alpha value is -4.00. The lowest BCUT2D eigenvalue weighted by Gasteiger charge is -2.19. The van der Waals surface area contributed by atoms with Crippen LogP contribution < -0.4 is 10.6 Å². The lowest BCUT2D eigenvalue weighted by molar-refractivity contribution is 0.0993. The summed E-state index contributed by atoms with van der Waals surface area (Å²) in [6, 6.07) is 17.9. The molecule has 4 rings (SSSR count). The second kappa shape index (κ2) is 9.70. The highest BCUT2D eigenvalue weighted by Gasteiger charge is 2.16. The van der Waals surface area contributed by atoms with Crippen LogP contribution in [0.15, 0.2) is 60.9 Å². The Bertz CT molecular complexity index is 1370. The van der Waals surface area contributed by atoms with E-state index in [1.54, 1.807) is 4.68 Å². The third kappa shape index (κ3) is 5.57. The molecule has 0 unspecified atom stereocenters. The first-order chi connectivity index (χ1) is 16.6. The van der Waals surface area contributed by atoms with Gasteiger partial charge in [-0.3, -0.25) is 4.79 Å². The van der Waals surface area contributed by atoms with E-state index in [0.29, 0.717) is 23.6 Å². The van der Waals surface area contributed by atoms with Crippen molar-refractivity contribution in [3.8, 4) is 5.82 Å². The molecule has 0 atom stereocenters. The number of nitrogens with zero attached hydrogens (tertiary/aromatic N) is 4. The van der Waals surface area contributed by atoms with E-state index in [4.69, 9.17) is 0 Å². The van der Waals surface area contributed by atoms with Gasteiger partial charge in [-0.1, -0.05) is 57.2 Å². The number of carbonyl (C=O) groups is 1. The molecule has 0 aliphatic heterocycles. The SMILES string of the molecule is CNc1cc(-n2nc(C)cc2Nc2cc(C(=O)Cc3cccc(C(C)(C)C)c3)ccc2C)ncn1. The second-order valence-corrected chi connectivity index (χ2v) is 9.80. The number of ketones is 1. The van der Waals surface area contributed by atoms with Gasteiger partial charge in [0.15, 0.2) is 11.6 Å². The summed E-state index contributed by atoms with van der Waals surface area (Å²) < 4.78 is 1.74. The van der Waals surface area contributed by atoms with Crippen LogP contribution in [0.5, 0.6) is 0 Å². The molecular weight excluding hydrogens is 436 g/mol. The van der Waals surface area contributed by atoms with Gasteiger partial charge >= 0.3 is 0 Å². The molecule has 0 aliphatic carbocycles. The average molecular weight is 469 g/mol. The Labute approximate surface area is 206 Å². The van der Waals surface area contributed by atoms with Crippen LogP contribution >= 0.6 is 0 Å². The second-order valence-electron chi connectivity index (χ2n) is 9.80. The van der Waals surface area contributed by atoms with Crippen molar-refractivity contribution in [2.24, 2.45) is 0 Å². The lowest BCUT2D eigenvalue weighted by atomic mass is 9.85. The first-order valence-electron chi connectivity index (χ1n) is 11.7. The molecule has 0 aliphatic rings. The van der Waals surface area contributed by atoms with Gasteiger partial charge in [0.1, 0.15) is 18.0 Å². The van der Waals surface area contributed by atoms with Gasteiger partial charge < -0.3 is 10.6 Å². The Morgan fingerprint density at radius 2 is 1.80 bits per heavy atom.